The second-order valence-electron chi connectivity index (χ2n) is 3.39. The van der Waals surface area contributed by atoms with Crippen LogP contribution in [0.1, 0.15) is 5.69 Å². The summed E-state index contributed by atoms with van der Waals surface area (Å²) in [5.74, 6) is 1.59. The first-order valence-electron chi connectivity index (χ1n) is 5.15. The van der Waals surface area contributed by atoms with E-state index in [1.165, 1.54) is 3.57 Å². The number of rotatable bonds is 4. The summed E-state index contributed by atoms with van der Waals surface area (Å²) in [6.07, 6.45) is 3.39. The summed E-state index contributed by atoms with van der Waals surface area (Å²) in [6, 6.07) is 7.89. The van der Waals surface area contributed by atoms with Gasteiger partial charge in [0.05, 0.1) is 18.1 Å². The zero-order valence-corrected chi connectivity index (χ0v) is 11.5. The van der Waals surface area contributed by atoms with Gasteiger partial charge in [0.2, 0.25) is 0 Å². The van der Waals surface area contributed by atoms with Crippen molar-refractivity contribution in [2.75, 3.05) is 12.4 Å². The molecule has 0 bridgehead atoms. The molecule has 0 saturated heterocycles. The lowest BCUT2D eigenvalue weighted by Gasteiger charge is -2.06. The second kappa shape index (κ2) is 5.81. The molecule has 0 fully saturated rings. The number of nitrogens with one attached hydrogen (secondary N) is 1. The number of halogens is 1. The van der Waals surface area contributed by atoms with Crippen LogP contribution in [0.3, 0.4) is 0 Å². The van der Waals surface area contributed by atoms with Crippen LogP contribution in [0.4, 0.5) is 5.82 Å². The van der Waals surface area contributed by atoms with Gasteiger partial charge in [-0.1, -0.05) is 0 Å². The van der Waals surface area contributed by atoms with Crippen LogP contribution in [0, 0.1) is 3.57 Å². The van der Waals surface area contributed by atoms with Crippen molar-refractivity contribution < 1.29 is 4.74 Å². The summed E-state index contributed by atoms with van der Waals surface area (Å²) in [5.41, 5.74) is 0.808. The number of benzene rings is 1. The van der Waals surface area contributed by atoms with Gasteiger partial charge in [-0.3, -0.25) is 4.98 Å². The van der Waals surface area contributed by atoms with Gasteiger partial charge in [-0.25, -0.2) is 4.98 Å². The molecule has 0 unspecified atom stereocenters. The second-order valence-corrected chi connectivity index (χ2v) is 4.63. The molecule has 17 heavy (non-hydrogen) atoms. The fraction of sp³-hybridized carbons (Fsp3) is 0.167. The normalized spacial score (nSPS) is 10.0. The number of hydrogen-bond donors (Lipinski definition) is 1. The summed E-state index contributed by atoms with van der Waals surface area (Å²) >= 11 is 2.26. The minimum atomic E-state index is 0.428. The first-order valence-corrected chi connectivity index (χ1v) is 6.23. The Kier molecular flexibility index (Phi) is 4.13. The third kappa shape index (κ3) is 3.55. The number of hydrogen-bond acceptors (Lipinski definition) is 4. The van der Waals surface area contributed by atoms with Crippen molar-refractivity contribution in [1.82, 2.24) is 9.97 Å². The Bertz CT molecular complexity index is 470. The van der Waals surface area contributed by atoms with Crippen molar-refractivity contribution in [2.24, 2.45) is 0 Å². The highest BCUT2D eigenvalue weighted by molar-refractivity contribution is 14.1. The molecule has 0 aliphatic heterocycles. The van der Waals surface area contributed by atoms with Crippen molar-refractivity contribution in [1.29, 1.82) is 0 Å². The van der Waals surface area contributed by atoms with E-state index in [-0.39, 0.29) is 0 Å². The molecule has 1 aromatic heterocycles. The van der Waals surface area contributed by atoms with Crippen LogP contribution in [0.15, 0.2) is 36.7 Å². The molecule has 1 N–H and O–H groups in total. The Morgan fingerprint density at radius 3 is 2.53 bits per heavy atom. The van der Waals surface area contributed by atoms with Gasteiger partial charge in [0.1, 0.15) is 18.2 Å². The van der Waals surface area contributed by atoms with E-state index in [2.05, 4.69) is 37.9 Å². The van der Waals surface area contributed by atoms with Crippen molar-refractivity contribution in [2.45, 2.75) is 6.61 Å². The third-order valence-corrected chi connectivity index (χ3v) is 2.88. The Labute approximate surface area is 114 Å². The van der Waals surface area contributed by atoms with Gasteiger partial charge < -0.3 is 10.1 Å². The molecule has 0 saturated carbocycles. The van der Waals surface area contributed by atoms with Crippen molar-refractivity contribution >= 4 is 28.4 Å². The van der Waals surface area contributed by atoms with Gasteiger partial charge in [0.15, 0.2) is 0 Å². The molecule has 0 radical (unpaired) electrons. The Morgan fingerprint density at radius 2 is 1.94 bits per heavy atom. The lowest BCUT2D eigenvalue weighted by atomic mass is 10.3. The molecule has 2 rings (SSSR count). The Morgan fingerprint density at radius 1 is 1.18 bits per heavy atom. The molecule has 0 aliphatic carbocycles. The van der Waals surface area contributed by atoms with E-state index in [1.807, 2.05) is 31.3 Å². The lowest BCUT2D eigenvalue weighted by molar-refractivity contribution is 0.301. The van der Waals surface area contributed by atoms with Crippen LogP contribution in [0.25, 0.3) is 0 Å². The number of ether oxygens (including phenoxy) is 1. The van der Waals surface area contributed by atoms with Gasteiger partial charge in [-0.2, -0.15) is 0 Å². The van der Waals surface area contributed by atoms with E-state index < -0.39 is 0 Å². The van der Waals surface area contributed by atoms with Gasteiger partial charge in [0.25, 0.3) is 0 Å². The molecule has 0 atom stereocenters. The minimum absolute atomic E-state index is 0.428. The number of aromatic nitrogens is 2. The molecule has 0 amide bonds. The summed E-state index contributed by atoms with van der Waals surface area (Å²) in [6.45, 7) is 0.428. The van der Waals surface area contributed by atoms with E-state index in [4.69, 9.17) is 4.74 Å². The monoisotopic (exact) mass is 341 g/mol. The molecule has 1 aromatic carbocycles. The smallest absolute Gasteiger partial charge is 0.144 e. The minimum Gasteiger partial charge on any atom is -0.487 e. The summed E-state index contributed by atoms with van der Waals surface area (Å²) in [5, 5.41) is 2.92. The van der Waals surface area contributed by atoms with Crippen LogP contribution in [-0.2, 0) is 6.61 Å². The summed E-state index contributed by atoms with van der Waals surface area (Å²) < 4.78 is 6.78. The van der Waals surface area contributed by atoms with E-state index in [0.717, 1.165) is 17.3 Å². The standard InChI is InChI=1S/C12H12IN3O/c1-14-12-7-15-10(6-16-12)8-17-11-4-2-9(13)3-5-11/h2-7H,8H2,1H3,(H,14,16). The highest BCUT2D eigenvalue weighted by Crippen LogP contribution is 2.14. The molecule has 0 aliphatic rings. The van der Waals surface area contributed by atoms with E-state index >= 15 is 0 Å². The molecule has 1 heterocycles. The van der Waals surface area contributed by atoms with E-state index in [9.17, 15) is 0 Å². The van der Waals surface area contributed by atoms with Crippen LogP contribution in [-0.4, -0.2) is 17.0 Å². The van der Waals surface area contributed by atoms with Gasteiger partial charge in [0, 0.05) is 10.6 Å². The molecular formula is C12H12IN3O. The van der Waals surface area contributed by atoms with Crippen molar-refractivity contribution in [3.63, 3.8) is 0 Å². The predicted molar refractivity (Wildman–Crippen MR) is 75.1 cm³/mol. The molecule has 0 spiro atoms. The number of nitrogens with zero attached hydrogens (tertiary/aromatic N) is 2. The maximum atomic E-state index is 5.59. The maximum Gasteiger partial charge on any atom is 0.144 e. The van der Waals surface area contributed by atoms with E-state index in [1.54, 1.807) is 12.4 Å². The number of anilines is 1. The average Bonchev–Trinajstić information content (AvgIpc) is 2.39. The Balaban J connectivity index is 1.95. The SMILES string of the molecule is CNc1cnc(COc2ccc(I)cc2)cn1. The van der Waals surface area contributed by atoms with Crippen LogP contribution in [0.5, 0.6) is 5.75 Å². The van der Waals surface area contributed by atoms with Crippen LogP contribution in [0.2, 0.25) is 0 Å². The zero-order chi connectivity index (χ0) is 12.1. The molecule has 88 valence electrons. The Hall–Kier alpha value is -1.37. The lowest BCUT2D eigenvalue weighted by Crippen LogP contribution is -2.01. The highest BCUT2D eigenvalue weighted by Gasteiger charge is 1.98. The average molecular weight is 341 g/mol. The summed E-state index contributed by atoms with van der Waals surface area (Å²) in [4.78, 5) is 8.40. The fourth-order valence-electron chi connectivity index (χ4n) is 1.25. The van der Waals surface area contributed by atoms with Crippen molar-refractivity contribution in [3.05, 3.63) is 45.9 Å². The van der Waals surface area contributed by atoms with Gasteiger partial charge in [-0.15, -0.1) is 0 Å². The van der Waals surface area contributed by atoms with Gasteiger partial charge in [-0.05, 0) is 46.9 Å². The van der Waals surface area contributed by atoms with Crippen molar-refractivity contribution in [3.8, 4) is 5.75 Å². The van der Waals surface area contributed by atoms with Crippen LogP contribution >= 0.6 is 22.6 Å². The summed E-state index contributed by atoms with van der Waals surface area (Å²) in [7, 11) is 1.81. The first-order chi connectivity index (χ1) is 8.28. The fourth-order valence-corrected chi connectivity index (χ4v) is 1.61. The molecular weight excluding hydrogens is 329 g/mol. The third-order valence-electron chi connectivity index (χ3n) is 2.16. The van der Waals surface area contributed by atoms with Crippen LogP contribution < -0.4 is 10.1 Å². The quantitative estimate of drug-likeness (QED) is 0.869. The maximum absolute atomic E-state index is 5.59. The topological polar surface area (TPSA) is 47.0 Å². The molecule has 4 nitrogen and oxygen atoms in total. The zero-order valence-electron chi connectivity index (χ0n) is 9.35. The highest BCUT2D eigenvalue weighted by atomic mass is 127. The predicted octanol–water partition coefficient (Wildman–Crippen LogP) is 2.70. The molecule has 2 aromatic rings. The van der Waals surface area contributed by atoms with E-state index in [0.29, 0.717) is 6.61 Å². The molecule has 5 heteroatoms. The first kappa shape index (κ1) is 12.1. The van der Waals surface area contributed by atoms with Gasteiger partial charge >= 0.3 is 0 Å². The largest absolute Gasteiger partial charge is 0.487 e.